The van der Waals surface area contributed by atoms with Gasteiger partial charge in [-0.2, -0.15) is 0 Å². The van der Waals surface area contributed by atoms with Gasteiger partial charge in [0.2, 0.25) is 5.91 Å². The molecule has 1 saturated carbocycles. The first-order valence-corrected chi connectivity index (χ1v) is 9.12. The van der Waals surface area contributed by atoms with E-state index in [2.05, 4.69) is 0 Å². The number of ether oxygens (including phenoxy) is 1. The van der Waals surface area contributed by atoms with Gasteiger partial charge in [0.15, 0.2) is 0 Å². The highest BCUT2D eigenvalue weighted by Crippen LogP contribution is 2.30. The fourth-order valence-corrected chi connectivity index (χ4v) is 3.41. The number of nitrogens with zero attached hydrogens (tertiary/aromatic N) is 2. The summed E-state index contributed by atoms with van der Waals surface area (Å²) in [5, 5.41) is 0. The minimum Gasteiger partial charge on any atom is -0.445 e. The van der Waals surface area contributed by atoms with Crippen molar-refractivity contribution < 1.29 is 14.3 Å². The van der Waals surface area contributed by atoms with Crippen molar-refractivity contribution >= 4 is 12.0 Å². The number of hydrogen-bond donors (Lipinski definition) is 1. The standard InChI is InChI=1S/C19H27N3O3/c20-11-18(23)21-10-4-7-16(12-21)13-22(17-8-9-17)19(24)25-14-15-5-2-1-3-6-15/h1-3,5-6,16-17H,4,7-14,20H2. The van der Waals surface area contributed by atoms with E-state index in [4.69, 9.17) is 10.5 Å². The molecule has 1 unspecified atom stereocenters. The number of carbonyl (C=O) groups is 2. The lowest BCUT2D eigenvalue weighted by atomic mass is 9.97. The molecule has 1 atom stereocenters. The van der Waals surface area contributed by atoms with E-state index >= 15 is 0 Å². The van der Waals surface area contributed by atoms with Gasteiger partial charge in [0, 0.05) is 25.7 Å². The average Bonchev–Trinajstić information content (AvgIpc) is 3.49. The summed E-state index contributed by atoms with van der Waals surface area (Å²) in [6.07, 6.45) is 3.84. The number of carbonyl (C=O) groups excluding carboxylic acids is 2. The number of benzene rings is 1. The molecule has 1 heterocycles. The summed E-state index contributed by atoms with van der Waals surface area (Å²) in [6.45, 7) is 2.47. The summed E-state index contributed by atoms with van der Waals surface area (Å²) in [5.41, 5.74) is 6.46. The minimum absolute atomic E-state index is 0.00525. The predicted octanol–water partition coefficient (Wildman–Crippen LogP) is 1.98. The number of rotatable bonds is 6. The molecular formula is C19H27N3O3. The fraction of sp³-hybridized carbons (Fsp3) is 0.579. The molecule has 25 heavy (non-hydrogen) atoms. The Hall–Kier alpha value is -2.08. The molecular weight excluding hydrogens is 318 g/mol. The van der Waals surface area contributed by atoms with Gasteiger partial charge < -0.3 is 20.3 Å². The summed E-state index contributed by atoms with van der Waals surface area (Å²) in [5.74, 6) is 0.295. The van der Waals surface area contributed by atoms with Gasteiger partial charge in [-0.25, -0.2) is 4.79 Å². The lowest BCUT2D eigenvalue weighted by Crippen LogP contribution is -2.47. The number of nitrogens with two attached hydrogens (primary N) is 1. The zero-order chi connectivity index (χ0) is 17.6. The van der Waals surface area contributed by atoms with Crippen molar-refractivity contribution in [1.29, 1.82) is 0 Å². The maximum atomic E-state index is 12.5. The van der Waals surface area contributed by atoms with Gasteiger partial charge in [-0.05, 0) is 37.2 Å². The molecule has 0 radical (unpaired) electrons. The van der Waals surface area contributed by atoms with Gasteiger partial charge in [0.25, 0.3) is 0 Å². The molecule has 136 valence electrons. The molecule has 3 rings (SSSR count). The van der Waals surface area contributed by atoms with Gasteiger partial charge in [-0.3, -0.25) is 4.79 Å². The summed E-state index contributed by atoms with van der Waals surface area (Å²) < 4.78 is 5.51. The third-order valence-corrected chi connectivity index (χ3v) is 4.93. The van der Waals surface area contributed by atoms with Crippen molar-refractivity contribution in [1.82, 2.24) is 9.80 Å². The molecule has 6 nitrogen and oxygen atoms in total. The molecule has 1 aliphatic carbocycles. The van der Waals surface area contributed by atoms with Crippen molar-refractivity contribution in [3.05, 3.63) is 35.9 Å². The first-order valence-electron chi connectivity index (χ1n) is 9.12. The summed E-state index contributed by atoms with van der Waals surface area (Å²) in [7, 11) is 0. The molecule has 1 aromatic carbocycles. The average molecular weight is 345 g/mol. The van der Waals surface area contributed by atoms with E-state index < -0.39 is 0 Å². The van der Waals surface area contributed by atoms with E-state index in [1.165, 1.54) is 0 Å². The minimum atomic E-state index is -0.242. The van der Waals surface area contributed by atoms with E-state index in [9.17, 15) is 9.59 Å². The van der Waals surface area contributed by atoms with Gasteiger partial charge in [-0.1, -0.05) is 30.3 Å². The van der Waals surface area contributed by atoms with E-state index in [0.29, 0.717) is 31.7 Å². The first kappa shape index (κ1) is 17.7. The second-order valence-electron chi connectivity index (χ2n) is 6.98. The van der Waals surface area contributed by atoms with E-state index in [1.807, 2.05) is 40.1 Å². The van der Waals surface area contributed by atoms with E-state index in [-0.39, 0.29) is 18.5 Å². The molecule has 0 bridgehead atoms. The molecule has 0 aromatic heterocycles. The van der Waals surface area contributed by atoms with Gasteiger partial charge in [0.1, 0.15) is 6.61 Å². The Morgan fingerprint density at radius 2 is 1.96 bits per heavy atom. The number of hydrogen-bond acceptors (Lipinski definition) is 4. The number of amides is 2. The molecule has 0 spiro atoms. The Morgan fingerprint density at radius 1 is 1.20 bits per heavy atom. The molecule has 6 heteroatoms. The fourth-order valence-electron chi connectivity index (χ4n) is 3.41. The maximum absolute atomic E-state index is 12.5. The number of likely N-dealkylation sites (tertiary alicyclic amines) is 1. The molecule has 2 fully saturated rings. The molecule has 1 aliphatic heterocycles. The van der Waals surface area contributed by atoms with Gasteiger partial charge >= 0.3 is 6.09 Å². The topological polar surface area (TPSA) is 75.9 Å². The molecule has 1 saturated heterocycles. The van der Waals surface area contributed by atoms with Crippen LogP contribution in [0.15, 0.2) is 30.3 Å². The van der Waals surface area contributed by atoms with Crippen LogP contribution in [0.5, 0.6) is 0 Å². The van der Waals surface area contributed by atoms with Crippen molar-refractivity contribution in [2.24, 2.45) is 11.7 Å². The molecule has 2 aliphatic rings. The van der Waals surface area contributed by atoms with Gasteiger partial charge in [-0.15, -0.1) is 0 Å². The van der Waals surface area contributed by atoms with Crippen molar-refractivity contribution in [2.45, 2.75) is 38.3 Å². The van der Waals surface area contributed by atoms with Crippen LogP contribution in [0.25, 0.3) is 0 Å². The first-order chi connectivity index (χ1) is 12.2. The van der Waals surface area contributed by atoms with Crippen LogP contribution in [0.1, 0.15) is 31.2 Å². The van der Waals surface area contributed by atoms with Crippen molar-refractivity contribution in [2.75, 3.05) is 26.2 Å². The highest BCUT2D eigenvalue weighted by Gasteiger charge is 2.36. The smallest absolute Gasteiger partial charge is 0.410 e. The summed E-state index contributed by atoms with van der Waals surface area (Å²) in [6, 6.07) is 10.0. The third kappa shape index (κ3) is 4.95. The van der Waals surface area contributed by atoms with Crippen molar-refractivity contribution in [3.8, 4) is 0 Å². The van der Waals surface area contributed by atoms with Crippen LogP contribution in [0.4, 0.5) is 4.79 Å². The third-order valence-electron chi connectivity index (χ3n) is 4.93. The molecule has 2 N–H and O–H groups in total. The Kier molecular flexibility index (Phi) is 5.91. The van der Waals surface area contributed by atoms with Crippen LogP contribution in [-0.4, -0.2) is 54.0 Å². The Balaban J connectivity index is 1.54. The highest BCUT2D eigenvalue weighted by atomic mass is 16.6. The SMILES string of the molecule is NCC(=O)N1CCCC(CN(C(=O)OCc2ccccc2)C2CC2)C1. The Morgan fingerprint density at radius 3 is 2.64 bits per heavy atom. The quantitative estimate of drug-likeness (QED) is 0.855. The lowest BCUT2D eigenvalue weighted by molar-refractivity contribution is -0.131. The van der Waals surface area contributed by atoms with Crippen LogP contribution in [0.2, 0.25) is 0 Å². The monoisotopic (exact) mass is 345 g/mol. The van der Waals surface area contributed by atoms with E-state index in [0.717, 1.165) is 37.8 Å². The summed E-state index contributed by atoms with van der Waals surface area (Å²) >= 11 is 0. The normalized spacial score (nSPS) is 20.2. The molecule has 2 amide bonds. The predicted molar refractivity (Wildman–Crippen MR) is 94.7 cm³/mol. The van der Waals surface area contributed by atoms with Crippen LogP contribution in [0, 0.1) is 5.92 Å². The zero-order valence-corrected chi connectivity index (χ0v) is 14.6. The van der Waals surface area contributed by atoms with Gasteiger partial charge in [0.05, 0.1) is 6.54 Å². The Labute approximate surface area is 148 Å². The van der Waals surface area contributed by atoms with Crippen molar-refractivity contribution in [3.63, 3.8) is 0 Å². The second kappa shape index (κ2) is 8.34. The number of piperidine rings is 1. The van der Waals surface area contributed by atoms with E-state index in [1.54, 1.807) is 0 Å². The van der Waals surface area contributed by atoms with Crippen LogP contribution in [0.3, 0.4) is 0 Å². The van der Waals surface area contributed by atoms with Crippen LogP contribution < -0.4 is 5.73 Å². The largest absolute Gasteiger partial charge is 0.445 e. The second-order valence-corrected chi connectivity index (χ2v) is 6.98. The lowest BCUT2D eigenvalue weighted by Gasteiger charge is -2.35. The summed E-state index contributed by atoms with van der Waals surface area (Å²) in [4.78, 5) is 28.1. The Bertz CT molecular complexity index is 589. The van der Waals surface area contributed by atoms with Crippen LogP contribution >= 0.6 is 0 Å². The zero-order valence-electron chi connectivity index (χ0n) is 14.6. The molecule has 1 aromatic rings. The van der Waals surface area contributed by atoms with Crippen LogP contribution in [-0.2, 0) is 16.1 Å². The maximum Gasteiger partial charge on any atom is 0.410 e. The highest BCUT2D eigenvalue weighted by molar-refractivity contribution is 5.78.